The van der Waals surface area contributed by atoms with Crippen LogP contribution in [0.2, 0.25) is 0 Å². The van der Waals surface area contributed by atoms with Crippen molar-refractivity contribution < 1.29 is 14.1 Å². The first-order valence-electron chi connectivity index (χ1n) is 5.03. The molecule has 2 aromatic rings. The van der Waals surface area contributed by atoms with Crippen LogP contribution in [0, 0.1) is 10.1 Å². The van der Waals surface area contributed by atoms with E-state index in [1.807, 2.05) is 0 Å². The Morgan fingerprint density at radius 3 is 3.11 bits per heavy atom. The summed E-state index contributed by atoms with van der Waals surface area (Å²) in [6, 6.07) is 2.56. The van der Waals surface area contributed by atoms with Crippen molar-refractivity contribution in [3.05, 3.63) is 40.7 Å². The highest BCUT2D eigenvalue weighted by Gasteiger charge is 2.10. The van der Waals surface area contributed by atoms with Crippen LogP contribution in [0.15, 0.2) is 34.3 Å². The van der Waals surface area contributed by atoms with E-state index in [1.165, 1.54) is 29.5 Å². The van der Waals surface area contributed by atoms with Crippen LogP contribution in [-0.2, 0) is 11.3 Å². The zero-order valence-electron chi connectivity index (χ0n) is 9.46. The first-order chi connectivity index (χ1) is 9.15. The van der Waals surface area contributed by atoms with Gasteiger partial charge >= 0.3 is 5.88 Å². The molecule has 0 fully saturated rings. The Kier molecular flexibility index (Phi) is 3.61. The maximum atomic E-state index is 11.4. The third-order valence-electron chi connectivity index (χ3n) is 1.95. The van der Waals surface area contributed by atoms with Gasteiger partial charge in [0, 0.05) is 0 Å². The molecule has 0 bridgehead atoms. The summed E-state index contributed by atoms with van der Waals surface area (Å²) < 4.78 is 6.13. The molecule has 1 amide bonds. The van der Waals surface area contributed by atoms with E-state index in [2.05, 4.69) is 20.6 Å². The minimum absolute atomic E-state index is 0.0321. The number of carbonyl (C=O) groups excluding carboxylic acids is 1. The highest BCUT2D eigenvalue weighted by atomic mass is 16.6. The quantitative estimate of drug-likeness (QED) is 0.457. The van der Waals surface area contributed by atoms with Crippen molar-refractivity contribution in [2.45, 2.75) is 6.54 Å². The molecule has 0 radical (unpaired) electrons. The minimum Gasteiger partial charge on any atom is -0.400 e. The third kappa shape index (κ3) is 3.46. The topological polar surface area (TPSA) is 128 Å². The van der Waals surface area contributed by atoms with E-state index in [-0.39, 0.29) is 12.3 Å². The van der Waals surface area contributed by atoms with Gasteiger partial charge < -0.3 is 4.42 Å². The van der Waals surface area contributed by atoms with Crippen LogP contribution in [-0.4, -0.2) is 31.8 Å². The fourth-order valence-electron chi connectivity index (χ4n) is 1.17. The predicted octanol–water partition coefficient (Wildman–Crippen LogP) is -0.0704. The zero-order chi connectivity index (χ0) is 13.7. The lowest BCUT2D eigenvalue weighted by atomic mass is 10.5. The maximum Gasteiger partial charge on any atom is 0.433 e. The van der Waals surface area contributed by atoms with Crippen molar-refractivity contribution in [3.63, 3.8) is 0 Å². The number of hydrazone groups is 1. The van der Waals surface area contributed by atoms with Gasteiger partial charge in [-0.25, -0.2) is 15.1 Å². The molecule has 0 aliphatic heterocycles. The van der Waals surface area contributed by atoms with Gasteiger partial charge in [-0.2, -0.15) is 10.2 Å². The van der Waals surface area contributed by atoms with E-state index in [0.29, 0.717) is 0 Å². The molecular weight excluding hydrogens is 256 g/mol. The van der Waals surface area contributed by atoms with Gasteiger partial charge in [0.15, 0.2) is 5.76 Å². The van der Waals surface area contributed by atoms with Gasteiger partial charge in [-0.15, -0.1) is 0 Å². The van der Waals surface area contributed by atoms with Crippen molar-refractivity contribution >= 4 is 18.0 Å². The van der Waals surface area contributed by atoms with Gasteiger partial charge in [-0.1, -0.05) is 0 Å². The number of hydrogen-bond acceptors (Lipinski definition) is 7. The van der Waals surface area contributed by atoms with E-state index >= 15 is 0 Å². The molecule has 98 valence electrons. The molecule has 0 unspecified atom stereocenters. The number of nitrogens with one attached hydrogen (secondary N) is 1. The Labute approximate surface area is 105 Å². The van der Waals surface area contributed by atoms with Crippen molar-refractivity contribution in [3.8, 4) is 0 Å². The van der Waals surface area contributed by atoms with Gasteiger partial charge in [0.05, 0.1) is 12.3 Å². The summed E-state index contributed by atoms with van der Waals surface area (Å²) in [7, 11) is 0. The summed E-state index contributed by atoms with van der Waals surface area (Å²) >= 11 is 0. The number of amides is 1. The standard InChI is InChI=1S/C9H8N6O4/c16-8(4-14-6-10-5-12-14)13-11-3-7-1-2-9(19-7)15(17)18/h1-3,5-6H,4H2,(H,13,16). The highest BCUT2D eigenvalue weighted by Crippen LogP contribution is 2.13. The molecule has 19 heavy (non-hydrogen) atoms. The Balaban J connectivity index is 1.85. The Bertz CT molecular complexity index is 602. The molecule has 2 aromatic heterocycles. The highest BCUT2D eigenvalue weighted by molar-refractivity contribution is 5.80. The van der Waals surface area contributed by atoms with Crippen LogP contribution in [0.3, 0.4) is 0 Å². The Morgan fingerprint density at radius 1 is 1.63 bits per heavy atom. The van der Waals surface area contributed by atoms with Crippen molar-refractivity contribution in [2.24, 2.45) is 5.10 Å². The lowest BCUT2D eigenvalue weighted by Gasteiger charge is -1.97. The van der Waals surface area contributed by atoms with E-state index in [9.17, 15) is 14.9 Å². The second-order valence-electron chi connectivity index (χ2n) is 3.32. The van der Waals surface area contributed by atoms with Crippen molar-refractivity contribution in [1.82, 2.24) is 20.2 Å². The molecule has 1 N–H and O–H groups in total. The summed E-state index contributed by atoms with van der Waals surface area (Å²) in [6.07, 6.45) is 3.85. The van der Waals surface area contributed by atoms with Crippen LogP contribution in [0.25, 0.3) is 0 Å². The normalized spacial score (nSPS) is 10.7. The van der Waals surface area contributed by atoms with Gasteiger partial charge in [0.25, 0.3) is 5.91 Å². The SMILES string of the molecule is O=C(Cn1cncn1)NN=Cc1ccc([N+](=O)[O-])o1. The average molecular weight is 264 g/mol. The lowest BCUT2D eigenvalue weighted by Crippen LogP contribution is -2.23. The number of furan rings is 1. The molecule has 0 saturated heterocycles. The summed E-state index contributed by atoms with van der Waals surface area (Å²) in [5.41, 5.74) is 2.22. The van der Waals surface area contributed by atoms with Crippen molar-refractivity contribution in [2.75, 3.05) is 0 Å². The number of aromatic nitrogens is 3. The molecule has 0 aliphatic rings. The van der Waals surface area contributed by atoms with Gasteiger partial charge in [-0.05, 0) is 6.07 Å². The number of nitro groups is 1. The van der Waals surface area contributed by atoms with E-state index < -0.39 is 16.7 Å². The lowest BCUT2D eigenvalue weighted by molar-refractivity contribution is -0.402. The zero-order valence-corrected chi connectivity index (χ0v) is 9.46. The van der Waals surface area contributed by atoms with Gasteiger partial charge in [-0.3, -0.25) is 14.9 Å². The van der Waals surface area contributed by atoms with Crippen molar-refractivity contribution in [1.29, 1.82) is 0 Å². The smallest absolute Gasteiger partial charge is 0.400 e. The summed E-state index contributed by atoms with van der Waals surface area (Å²) in [6.45, 7) is -0.0321. The molecule has 10 heteroatoms. The number of nitrogens with zero attached hydrogens (tertiary/aromatic N) is 5. The molecule has 0 atom stereocenters. The van der Waals surface area contributed by atoms with Crippen LogP contribution < -0.4 is 5.43 Å². The number of carbonyl (C=O) groups is 1. The van der Waals surface area contributed by atoms with Crippen LogP contribution in [0.4, 0.5) is 5.88 Å². The van der Waals surface area contributed by atoms with Crippen LogP contribution >= 0.6 is 0 Å². The molecule has 0 saturated carbocycles. The average Bonchev–Trinajstić information content (AvgIpc) is 3.00. The first-order valence-corrected chi connectivity index (χ1v) is 5.03. The first kappa shape index (κ1) is 12.4. The van der Waals surface area contributed by atoms with E-state index in [1.54, 1.807) is 0 Å². The minimum atomic E-state index is -0.666. The monoisotopic (exact) mass is 264 g/mol. The second-order valence-corrected chi connectivity index (χ2v) is 3.32. The molecule has 0 aromatic carbocycles. The summed E-state index contributed by atoms with van der Waals surface area (Å²) in [4.78, 5) is 24.7. The predicted molar refractivity (Wildman–Crippen MR) is 61.1 cm³/mol. The van der Waals surface area contributed by atoms with Crippen LogP contribution in [0.5, 0.6) is 0 Å². The van der Waals surface area contributed by atoms with Crippen LogP contribution in [0.1, 0.15) is 5.76 Å². The molecule has 0 aliphatic carbocycles. The second kappa shape index (κ2) is 5.53. The number of rotatable bonds is 5. The molecule has 10 nitrogen and oxygen atoms in total. The third-order valence-corrected chi connectivity index (χ3v) is 1.95. The van der Waals surface area contributed by atoms with Gasteiger partial charge in [0.2, 0.25) is 0 Å². The molecule has 2 rings (SSSR count). The van der Waals surface area contributed by atoms with Gasteiger partial charge in [0.1, 0.15) is 24.1 Å². The number of hydrogen-bond donors (Lipinski definition) is 1. The summed E-state index contributed by atoms with van der Waals surface area (Å²) in [5, 5.41) is 17.7. The maximum absolute atomic E-state index is 11.4. The van der Waals surface area contributed by atoms with E-state index in [4.69, 9.17) is 4.42 Å². The fourth-order valence-corrected chi connectivity index (χ4v) is 1.17. The van der Waals surface area contributed by atoms with E-state index in [0.717, 1.165) is 6.21 Å². The fraction of sp³-hybridized carbons (Fsp3) is 0.111. The molecular formula is C9H8N6O4. The summed E-state index contributed by atoms with van der Waals surface area (Å²) in [5.74, 6) is -0.647. The Hall–Kier alpha value is -3.04. The molecule has 0 spiro atoms. The Morgan fingerprint density at radius 2 is 2.47 bits per heavy atom. The molecule has 2 heterocycles. The largest absolute Gasteiger partial charge is 0.433 e.